The maximum absolute atomic E-state index is 13.1. The minimum atomic E-state index is 0.105. The summed E-state index contributed by atoms with van der Waals surface area (Å²) in [5, 5.41) is 0.947. The quantitative estimate of drug-likeness (QED) is 0.868. The molecule has 0 radical (unpaired) electrons. The molecule has 1 aliphatic heterocycles. The molecule has 4 heteroatoms. The van der Waals surface area contributed by atoms with Crippen molar-refractivity contribution in [2.45, 2.75) is 39.7 Å². The number of amides is 1. The van der Waals surface area contributed by atoms with Gasteiger partial charge in [-0.15, -0.1) is 0 Å². The molecule has 1 amide bonds. The van der Waals surface area contributed by atoms with E-state index in [9.17, 15) is 4.79 Å². The van der Waals surface area contributed by atoms with Gasteiger partial charge in [-0.2, -0.15) is 0 Å². The van der Waals surface area contributed by atoms with E-state index in [2.05, 4.69) is 11.1 Å². The summed E-state index contributed by atoms with van der Waals surface area (Å²) in [6.07, 6.45) is 2.07. The molecule has 1 atom stereocenters. The highest BCUT2D eigenvalue weighted by molar-refractivity contribution is 6.06. The zero-order valence-electron chi connectivity index (χ0n) is 14.1. The van der Waals surface area contributed by atoms with Crippen LogP contribution in [0.15, 0.2) is 24.3 Å². The lowest BCUT2D eigenvalue weighted by Gasteiger charge is -2.25. The molecule has 0 saturated carbocycles. The lowest BCUT2D eigenvalue weighted by atomic mass is 10.0. The van der Waals surface area contributed by atoms with Gasteiger partial charge in [-0.05, 0) is 51.8 Å². The van der Waals surface area contributed by atoms with Crippen LogP contribution in [0, 0.1) is 13.8 Å². The number of aromatic nitrogens is 1. The number of rotatable bonds is 4. The Kier molecular flexibility index (Phi) is 4.62. The number of pyridine rings is 1. The van der Waals surface area contributed by atoms with E-state index in [1.807, 2.05) is 43.9 Å². The van der Waals surface area contributed by atoms with E-state index in [-0.39, 0.29) is 11.9 Å². The smallest absolute Gasteiger partial charge is 0.254 e. The van der Waals surface area contributed by atoms with Gasteiger partial charge in [0.15, 0.2) is 0 Å². The first-order valence-electron chi connectivity index (χ1n) is 8.37. The minimum absolute atomic E-state index is 0.105. The van der Waals surface area contributed by atoms with Crippen molar-refractivity contribution < 1.29 is 9.53 Å². The average Bonchev–Trinajstić information content (AvgIpc) is 3.00. The van der Waals surface area contributed by atoms with Crippen LogP contribution in [0.3, 0.4) is 0 Å². The third-order valence-corrected chi connectivity index (χ3v) is 4.48. The normalized spacial score (nSPS) is 17.9. The van der Waals surface area contributed by atoms with E-state index in [1.54, 1.807) is 0 Å². The molecule has 2 aromatic rings. The van der Waals surface area contributed by atoms with Crippen molar-refractivity contribution in [2.24, 2.45) is 0 Å². The molecule has 0 aliphatic carbocycles. The highest BCUT2D eigenvalue weighted by atomic mass is 16.5. The number of carbonyl (C=O) groups excluding carboxylic acids is 1. The predicted octanol–water partition coefficient (Wildman–Crippen LogP) is 3.49. The SMILES string of the molecule is CCOC[C@H]1CCCN1C(=O)c1cc(C)nc2ccc(C)cc12. The third-order valence-electron chi connectivity index (χ3n) is 4.48. The largest absolute Gasteiger partial charge is 0.380 e. The molecule has 0 unspecified atom stereocenters. The number of fused-ring (bicyclic) bond motifs is 1. The van der Waals surface area contributed by atoms with Crippen LogP contribution in [-0.2, 0) is 4.74 Å². The number of hydrogen-bond donors (Lipinski definition) is 0. The summed E-state index contributed by atoms with van der Waals surface area (Å²) in [5.74, 6) is 0.105. The van der Waals surface area contributed by atoms with Crippen LogP contribution in [0.2, 0.25) is 0 Å². The van der Waals surface area contributed by atoms with Crippen LogP contribution in [-0.4, -0.2) is 41.6 Å². The molecule has 4 nitrogen and oxygen atoms in total. The molecule has 122 valence electrons. The van der Waals surface area contributed by atoms with Crippen molar-refractivity contribution in [1.29, 1.82) is 0 Å². The van der Waals surface area contributed by atoms with Crippen LogP contribution in [0.4, 0.5) is 0 Å². The van der Waals surface area contributed by atoms with Crippen molar-refractivity contribution in [3.63, 3.8) is 0 Å². The second-order valence-corrected chi connectivity index (χ2v) is 6.29. The van der Waals surface area contributed by atoms with Crippen LogP contribution in [0.1, 0.15) is 41.4 Å². The Balaban J connectivity index is 1.98. The van der Waals surface area contributed by atoms with Gasteiger partial charge in [0.25, 0.3) is 5.91 Å². The van der Waals surface area contributed by atoms with Gasteiger partial charge < -0.3 is 9.64 Å². The highest BCUT2D eigenvalue weighted by Gasteiger charge is 2.30. The van der Waals surface area contributed by atoms with Crippen LogP contribution in [0.25, 0.3) is 10.9 Å². The molecular weight excluding hydrogens is 288 g/mol. The van der Waals surface area contributed by atoms with Gasteiger partial charge in [0.1, 0.15) is 0 Å². The molecule has 0 bridgehead atoms. The lowest BCUT2D eigenvalue weighted by Crippen LogP contribution is -2.38. The fourth-order valence-electron chi connectivity index (χ4n) is 3.33. The molecule has 0 N–H and O–H groups in total. The second-order valence-electron chi connectivity index (χ2n) is 6.29. The average molecular weight is 312 g/mol. The van der Waals surface area contributed by atoms with Crippen molar-refractivity contribution in [3.05, 3.63) is 41.1 Å². The lowest BCUT2D eigenvalue weighted by molar-refractivity contribution is 0.0566. The monoisotopic (exact) mass is 312 g/mol. The standard InChI is InChI=1S/C19H24N2O2/c1-4-23-12-15-6-5-9-21(15)19(22)17-11-14(3)20-18-8-7-13(2)10-16(17)18/h7-8,10-11,15H,4-6,9,12H2,1-3H3/t15-/m1/s1. The molecule has 1 aliphatic rings. The number of ether oxygens (including phenoxy) is 1. The molecule has 23 heavy (non-hydrogen) atoms. The van der Waals surface area contributed by atoms with Gasteiger partial charge in [0, 0.05) is 24.2 Å². The molecule has 1 fully saturated rings. The van der Waals surface area contributed by atoms with Gasteiger partial charge in [-0.3, -0.25) is 9.78 Å². The van der Waals surface area contributed by atoms with Crippen LogP contribution >= 0.6 is 0 Å². The highest BCUT2D eigenvalue weighted by Crippen LogP contribution is 2.25. The molecule has 0 spiro atoms. The first-order valence-corrected chi connectivity index (χ1v) is 8.37. The first kappa shape index (κ1) is 15.9. The van der Waals surface area contributed by atoms with Crippen LogP contribution < -0.4 is 0 Å². The number of likely N-dealkylation sites (tertiary alicyclic amines) is 1. The zero-order chi connectivity index (χ0) is 16.4. The number of aryl methyl sites for hydroxylation is 2. The Morgan fingerprint density at radius 1 is 1.35 bits per heavy atom. The molecule has 3 rings (SSSR count). The summed E-state index contributed by atoms with van der Waals surface area (Å²) in [7, 11) is 0. The van der Waals surface area contributed by atoms with E-state index >= 15 is 0 Å². The Labute approximate surface area is 137 Å². The van der Waals surface area contributed by atoms with Gasteiger partial charge in [-0.25, -0.2) is 0 Å². The first-order chi connectivity index (χ1) is 11.1. The van der Waals surface area contributed by atoms with Crippen molar-refractivity contribution >= 4 is 16.8 Å². The summed E-state index contributed by atoms with van der Waals surface area (Å²) in [6, 6.07) is 8.20. The Hall–Kier alpha value is -1.94. The van der Waals surface area contributed by atoms with E-state index in [4.69, 9.17) is 4.74 Å². The van der Waals surface area contributed by atoms with Crippen LogP contribution in [0.5, 0.6) is 0 Å². The Morgan fingerprint density at radius 3 is 2.96 bits per heavy atom. The summed E-state index contributed by atoms with van der Waals surface area (Å²) in [4.78, 5) is 19.7. The summed E-state index contributed by atoms with van der Waals surface area (Å²) < 4.78 is 5.56. The second kappa shape index (κ2) is 6.67. The van der Waals surface area contributed by atoms with Gasteiger partial charge in [-0.1, -0.05) is 11.6 Å². The van der Waals surface area contributed by atoms with E-state index in [1.165, 1.54) is 0 Å². The zero-order valence-corrected chi connectivity index (χ0v) is 14.1. The molecule has 1 saturated heterocycles. The number of hydrogen-bond acceptors (Lipinski definition) is 3. The number of nitrogens with zero attached hydrogens (tertiary/aromatic N) is 2. The number of carbonyl (C=O) groups is 1. The van der Waals surface area contributed by atoms with Crippen molar-refractivity contribution in [2.75, 3.05) is 19.8 Å². The Morgan fingerprint density at radius 2 is 2.17 bits per heavy atom. The molecule has 2 heterocycles. The number of benzene rings is 1. The maximum atomic E-state index is 13.1. The summed E-state index contributed by atoms with van der Waals surface area (Å²) >= 11 is 0. The van der Waals surface area contributed by atoms with E-state index < -0.39 is 0 Å². The predicted molar refractivity (Wildman–Crippen MR) is 91.8 cm³/mol. The van der Waals surface area contributed by atoms with E-state index in [0.717, 1.165) is 47.1 Å². The third kappa shape index (κ3) is 3.22. The summed E-state index contributed by atoms with van der Waals surface area (Å²) in [6.45, 7) is 8.10. The maximum Gasteiger partial charge on any atom is 0.254 e. The minimum Gasteiger partial charge on any atom is -0.380 e. The van der Waals surface area contributed by atoms with Gasteiger partial charge in [0.2, 0.25) is 0 Å². The van der Waals surface area contributed by atoms with Gasteiger partial charge in [0.05, 0.1) is 23.7 Å². The van der Waals surface area contributed by atoms with Gasteiger partial charge >= 0.3 is 0 Å². The summed E-state index contributed by atoms with van der Waals surface area (Å²) in [5.41, 5.74) is 3.67. The Bertz CT molecular complexity index is 727. The molecule has 1 aromatic carbocycles. The molecular formula is C19H24N2O2. The van der Waals surface area contributed by atoms with Crippen molar-refractivity contribution in [1.82, 2.24) is 9.88 Å². The van der Waals surface area contributed by atoms with E-state index in [0.29, 0.717) is 13.2 Å². The fourth-order valence-corrected chi connectivity index (χ4v) is 3.33. The molecule has 1 aromatic heterocycles. The van der Waals surface area contributed by atoms with Crippen molar-refractivity contribution in [3.8, 4) is 0 Å². The fraction of sp³-hybridized carbons (Fsp3) is 0.474. The topological polar surface area (TPSA) is 42.4 Å².